The fourth-order valence-electron chi connectivity index (χ4n) is 0.746. The van der Waals surface area contributed by atoms with Crippen LogP contribution in [0.5, 0.6) is 0 Å². The molecule has 0 saturated heterocycles. The van der Waals surface area contributed by atoms with Gasteiger partial charge in [0.2, 0.25) is 0 Å². The average Bonchev–Trinajstić information content (AvgIpc) is 2.67. The van der Waals surface area contributed by atoms with E-state index in [1.165, 1.54) is 12.3 Å². The van der Waals surface area contributed by atoms with Gasteiger partial charge in [-0.3, -0.25) is 5.10 Å². The van der Waals surface area contributed by atoms with Gasteiger partial charge in [-0.15, -0.1) is 0 Å². The molecule has 15 heavy (non-hydrogen) atoms. The largest absolute Gasteiger partial charge is 0.479 e. The second kappa shape index (κ2) is 4.38. The fourth-order valence-corrected chi connectivity index (χ4v) is 1.69. The lowest BCUT2D eigenvalue weighted by molar-refractivity contribution is -0.146. The van der Waals surface area contributed by atoms with Crippen molar-refractivity contribution in [3.8, 4) is 0 Å². The van der Waals surface area contributed by atoms with Gasteiger partial charge in [0, 0.05) is 6.54 Å². The summed E-state index contributed by atoms with van der Waals surface area (Å²) in [5.74, 6) is -1.50. The van der Waals surface area contributed by atoms with Crippen molar-refractivity contribution >= 4 is 16.0 Å². The number of aromatic nitrogens is 2. The molecular formula is C6H9N3O5S. The van der Waals surface area contributed by atoms with E-state index >= 15 is 0 Å². The molecule has 0 spiro atoms. The Balaban J connectivity index is 2.63. The SMILES string of the molecule is O=C(O)[C@@H](O)CNS(=O)(=O)c1ccn[nH]1. The first-order valence-electron chi connectivity index (χ1n) is 3.83. The number of rotatable bonds is 5. The third kappa shape index (κ3) is 3.01. The summed E-state index contributed by atoms with van der Waals surface area (Å²) in [6.45, 7) is -0.601. The number of nitrogens with one attached hydrogen (secondary N) is 2. The normalized spacial score (nSPS) is 13.7. The second-order valence-corrected chi connectivity index (χ2v) is 4.36. The molecule has 9 heteroatoms. The third-order valence-corrected chi connectivity index (χ3v) is 2.87. The summed E-state index contributed by atoms with van der Waals surface area (Å²) < 4.78 is 24.6. The van der Waals surface area contributed by atoms with Crippen molar-refractivity contribution in [3.63, 3.8) is 0 Å². The predicted octanol–water partition coefficient (Wildman–Crippen LogP) is -1.87. The van der Waals surface area contributed by atoms with Crippen LogP contribution in [0, 0.1) is 0 Å². The van der Waals surface area contributed by atoms with E-state index in [0.717, 1.165) is 0 Å². The zero-order chi connectivity index (χ0) is 11.5. The van der Waals surface area contributed by atoms with E-state index in [0.29, 0.717) is 0 Å². The number of carbonyl (C=O) groups is 1. The highest BCUT2D eigenvalue weighted by Crippen LogP contribution is 2.01. The smallest absolute Gasteiger partial charge is 0.333 e. The van der Waals surface area contributed by atoms with Crippen LogP contribution in [0.3, 0.4) is 0 Å². The Labute approximate surface area is 85.0 Å². The van der Waals surface area contributed by atoms with Gasteiger partial charge in [-0.05, 0) is 6.07 Å². The summed E-state index contributed by atoms with van der Waals surface area (Å²) in [5.41, 5.74) is 0. The molecule has 0 radical (unpaired) electrons. The molecule has 0 aliphatic heterocycles. The van der Waals surface area contributed by atoms with Gasteiger partial charge < -0.3 is 10.2 Å². The Hall–Kier alpha value is -1.45. The molecule has 1 heterocycles. The minimum atomic E-state index is -3.84. The van der Waals surface area contributed by atoms with Crippen LogP contribution < -0.4 is 4.72 Å². The van der Waals surface area contributed by atoms with Crippen molar-refractivity contribution in [2.24, 2.45) is 0 Å². The highest BCUT2D eigenvalue weighted by Gasteiger charge is 2.19. The number of nitrogens with zero attached hydrogens (tertiary/aromatic N) is 1. The second-order valence-electron chi connectivity index (χ2n) is 2.63. The van der Waals surface area contributed by atoms with E-state index in [4.69, 9.17) is 10.2 Å². The number of sulfonamides is 1. The molecule has 4 N–H and O–H groups in total. The lowest BCUT2D eigenvalue weighted by Gasteiger charge is -2.06. The fraction of sp³-hybridized carbons (Fsp3) is 0.333. The zero-order valence-electron chi connectivity index (χ0n) is 7.41. The number of aliphatic hydroxyl groups is 1. The van der Waals surface area contributed by atoms with Crippen LogP contribution in [0.4, 0.5) is 0 Å². The summed E-state index contributed by atoms with van der Waals surface area (Å²) in [5, 5.41) is 22.6. The average molecular weight is 235 g/mol. The van der Waals surface area contributed by atoms with Crippen LogP contribution in [-0.4, -0.2) is 47.4 Å². The standard InChI is InChI=1S/C6H9N3O5S/c10-4(6(11)12)3-8-15(13,14)5-1-2-7-9-5/h1-2,4,8,10H,3H2,(H,7,9)(H,11,12)/t4-/m0/s1. The molecule has 0 amide bonds. The molecule has 0 bridgehead atoms. The van der Waals surface area contributed by atoms with E-state index in [1.807, 2.05) is 4.72 Å². The number of aliphatic hydroxyl groups excluding tert-OH is 1. The van der Waals surface area contributed by atoms with Crippen molar-refractivity contribution in [2.45, 2.75) is 11.1 Å². The number of carboxylic acids is 1. The lowest BCUT2D eigenvalue weighted by Crippen LogP contribution is -2.36. The maximum atomic E-state index is 11.3. The van der Waals surface area contributed by atoms with E-state index in [9.17, 15) is 13.2 Å². The monoisotopic (exact) mass is 235 g/mol. The maximum Gasteiger partial charge on any atom is 0.333 e. The number of carboxylic acid groups (broad SMARTS) is 1. The Morgan fingerprint density at radius 2 is 2.33 bits per heavy atom. The minimum absolute atomic E-state index is 0.194. The topological polar surface area (TPSA) is 132 Å². The first-order chi connectivity index (χ1) is 6.93. The summed E-state index contributed by atoms with van der Waals surface area (Å²) in [4.78, 5) is 10.2. The Morgan fingerprint density at radius 1 is 1.67 bits per heavy atom. The van der Waals surface area contributed by atoms with Gasteiger partial charge in [0.15, 0.2) is 11.1 Å². The highest BCUT2D eigenvalue weighted by atomic mass is 32.2. The van der Waals surface area contributed by atoms with Crippen LogP contribution in [0.2, 0.25) is 0 Å². The zero-order valence-corrected chi connectivity index (χ0v) is 8.23. The molecule has 0 aromatic carbocycles. The summed E-state index contributed by atoms with van der Waals surface area (Å²) in [7, 11) is -3.84. The van der Waals surface area contributed by atoms with Crippen LogP contribution >= 0.6 is 0 Å². The number of aromatic amines is 1. The Kier molecular flexibility index (Phi) is 3.39. The van der Waals surface area contributed by atoms with Crippen LogP contribution in [0.25, 0.3) is 0 Å². The molecular weight excluding hydrogens is 226 g/mol. The number of H-pyrrole nitrogens is 1. The molecule has 0 saturated carbocycles. The van der Waals surface area contributed by atoms with Gasteiger partial charge in [-0.25, -0.2) is 17.9 Å². The van der Waals surface area contributed by atoms with Crippen molar-refractivity contribution in [2.75, 3.05) is 6.54 Å². The van der Waals surface area contributed by atoms with Gasteiger partial charge >= 0.3 is 5.97 Å². The molecule has 1 atom stereocenters. The quantitative estimate of drug-likeness (QED) is 0.472. The van der Waals surface area contributed by atoms with E-state index in [1.54, 1.807) is 0 Å². The number of hydrogen-bond donors (Lipinski definition) is 4. The third-order valence-electron chi connectivity index (χ3n) is 1.52. The van der Waals surface area contributed by atoms with Gasteiger partial charge in [0.25, 0.3) is 10.0 Å². The molecule has 8 nitrogen and oxygen atoms in total. The first-order valence-corrected chi connectivity index (χ1v) is 5.31. The molecule has 0 unspecified atom stereocenters. The maximum absolute atomic E-state index is 11.3. The summed E-state index contributed by atoms with van der Waals surface area (Å²) in [6.07, 6.45) is -0.537. The number of hydrogen-bond acceptors (Lipinski definition) is 5. The van der Waals surface area contributed by atoms with E-state index in [-0.39, 0.29) is 5.03 Å². The van der Waals surface area contributed by atoms with Crippen molar-refractivity contribution < 1.29 is 23.4 Å². The van der Waals surface area contributed by atoms with Gasteiger partial charge in [-0.2, -0.15) is 5.10 Å². The van der Waals surface area contributed by atoms with Crippen LogP contribution in [-0.2, 0) is 14.8 Å². The lowest BCUT2D eigenvalue weighted by atomic mass is 10.4. The van der Waals surface area contributed by atoms with Gasteiger partial charge in [0.05, 0.1) is 6.20 Å². The molecule has 0 aliphatic carbocycles. The van der Waals surface area contributed by atoms with E-state index < -0.39 is 28.6 Å². The molecule has 84 valence electrons. The molecule has 1 aromatic heterocycles. The molecule has 0 fully saturated rings. The van der Waals surface area contributed by atoms with Gasteiger partial charge in [-0.1, -0.05) is 0 Å². The van der Waals surface area contributed by atoms with Crippen molar-refractivity contribution in [1.29, 1.82) is 0 Å². The summed E-state index contributed by atoms with van der Waals surface area (Å²) >= 11 is 0. The van der Waals surface area contributed by atoms with E-state index in [2.05, 4.69) is 10.2 Å². The van der Waals surface area contributed by atoms with Crippen LogP contribution in [0.15, 0.2) is 17.3 Å². The molecule has 1 rings (SSSR count). The minimum Gasteiger partial charge on any atom is -0.479 e. The summed E-state index contributed by atoms with van der Waals surface area (Å²) in [6, 6.07) is 1.20. The van der Waals surface area contributed by atoms with Crippen LogP contribution in [0.1, 0.15) is 0 Å². The molecule has 0 aliphatic rings. The number of aliphatic carboxylic acids is 1. The predicted molar refractivity (Wildman–Crippen MR) is 47.4 cm³/mol. The molecule has 1 aromatic rings. The Morgan fingerprint density at radius 3 is 2.80 bits per heavy atom. The van der Waals surface area contributed by atoms with Crippen molar-refractivity contribution in [1.82, 2.24) is 14.9 Å². The highest BCUT2D eigenvalue weighted by molar-refractivity contribution is 7.89. The van der Waals surface area contributed by atoms with Crippen molar-refractivity contribution in [3.05, 3.63) is 12.3 Å². The Bertz CT molecular complexity index is 426. The first kappa shape index (κ1) is 11.6. The van der Waals surface area contributed by atoms with Gasteiger partial charge in [0.1, 0.15) is 0 Å².